The Labute approximate surface area is 194 Å². The number of likely N-dealkylation sites (N-methyl/N-ethyl adjacent to an activating group) is 1. The van der Waals surface area contributed by atoms with E-state index < -0.39 is 0 Å². The predicted molar refractivity (Wildman–Crippen MR) is 129 cm³/mol. The largest absolute Gasteiger partial charge is 0.456 e. The van der Waals surface area contributed by atoms with Gasteiger partial charge in [-0.05, 0) is 61.5 Å². The first-order valence-electron chi connectivity index (χ1n) is 10.3. The molecule has 0 aliphatic carbocycles. The number of hydrazone groups is 1. The van der Waals surface area contributed by atoms with E-state index in [2.05, 4.69) is 21.7 Å². The van der Waals surface area contributed by atoms with Crippen LogP contribution in [0.2, 0.25) is 5.02 Å². The van der Waals surface area contributed by atoms with Gasteiger partial charge in [0.15, 0.2) is 5.71 Å². The van der Waals surface area contributed by atoms with Gasteiger partial charge >= 0.3 is 0 Å². The summed E-state index contributed by atoms with van der Waals surface area (Å²) in [5.74, 6) is 2.80. The van der Waals surface area contributed by atoms with Gasteiger partial charge in [0.05, 0.1) is 10.7 Å². The zero-order valence-corrected chi connectivity index (χ0v) is 20.1. The van der Waals surface area contributed by atoms with Gasteiger partial charge in [-0.25, -0.2) is 5.01 Å². The molecule has 2 N–H and O–H groups in total. The van der Waals surface area contributed by atoms with Crippen LogP contribution in [-0.4, -0.2) is 31.2 Å². The van der Waals surface area contributed by atoms with Crippen molar-refractivity contribution in [3.05, 3.63) is 45.7 Å². The van der Waals surface area contributed by atoms with Gasteiger partial charge in [0.25, 0.3) is 5.91 Å². The molecule has 0 atom stereocenters. The van der Waals surface area contributed by atoms with E-state index in [0.717, 1.165) is 17.6 Å². The molecule has 1 aliphatic rings. The summed E-state index contributed by atoms with van der Waals surface area (Å²) in [6, 6.07) is 3.55. The molecule has 0 saturated heterocycles. The van der Waals surface area contributed by atoms with E-state index in [1.807, 2.05) is 40.7 Å². The molecule has 0 spiro atoms. The minimum absolute atomic E-state index is 0.00491. The van der Waals surface area contributed by atoms with Crippen LogP contribution in [0.15, 0.2) is 40.2 Å². The van der Waals surface area contributed by atoms with Gasteiger partial charge < -0.3 is 15.4 Å². The maximum Gasteiger partial charge on any atom is 0.281 e. The summed E-state index contributed by atoms with van der Waals surface area (Å²) in [5, 5.41) is 11.5. The molecule has 7 nitrogen and oxygen atoms in total. The third-order valence-electron chi connectivity index (χ3n) is 5.03. The van der Waals surface area contributed by atoms with Crippen molar-refractivity contribution in [2.24, 2.45) is 11.0 Å². The number of carbonyl (C=O) groups is 2. The van der Waals surface area contributed by atoms with Crippen LogP contribution in [0.5, 0.6) is 5.75 Å². The van der Waals surface area contributed by atoms with Crippen LogP contribution in [0.4, 0.5) is 5.69 Å². The summed E-state index contributed by atoms with van der Waals surface area (Å²) in [4.78, 5) is 24.0. The van der Waals surface area contributed by atoms with Crippen LogP contribution in [0.3, 0.4) is 0 Å². The van der Waals surface area contributed by atoms with Crippen LogP contribution < -0.4 is 20.4 Å². The lowest BCUT2D eigenvalue weighted by Gasteiger charge is -2.25. The number of ether oxygens (including phenoxy) is 1. The molecular formula is C24H29ClN4O3. The Morgan fingerprint density at radius 2 is 2.16 bits per heavy atom. The average Bonchev–Trinajstić information content (AvgIpc) is 2.77. The monoisotopic (exact) mass is 456 g/mol. The summed E-state index contributed by atoms with van der Waals surface area (Å²) < 4.78 is 6.24. The highest BCUT2D eigenvalue weighted by atomic mass is 35.5. The zero-order chi connectivity index (χ0) is 24.0. The molecule has 0 saturated carbocycles. The minimum atomic E-state index is -0.389. The summed E-state index contributed by atoms with van der Waals surface area (Å²) in [5.41, 5.74) is 3.01. The van der Waals surface area contributed by atoms with Crippen molar-refractivity contribution < 1.29 is 14.3 Å². The lowest BCUT2D eigenvalue weighted by Crippen LogP contribution is -2.44. The van der Waals surface area contributed by atoms with E-state index in [0.29, 0.717) is 27.8 Å². The molecule has 8 heteroatoms. The Kier molecular flexibility index (Phi) is 8.50. The fourth-order valence-corrected chi connectivity index (χ4v) is 3.27. The van der Waals surface area contributed by atoms with Crippen LogP contribution >= 0.6 is 11.6 Å². The normalized spacial score (nSPS) is 15.0. The molecule has 2 rings (SSSR count). The third-order valence-corrected chi connectivity index (χ3v) is 5.32. The first kappa shape index (κ1) is 25.0. The highest BCUT2D eigenvalue weighted by molar-refractivity contribution is 6.46. The maximum absolute atomic E-state index is 12.3. The first-order chi connectivity index (χ1) is 15.1. The van der Waals surface area contributed by atoms with Gasteiger partial charge in [-0.15, -0.1) is 6.42 Å². The second kappa shape index (κ2) is 10.9. The standard InChI is InChI=1S/C24H29ClN4O3/c1-8-15(5)21(12-18(14(3)4)23(30)26-7)32-22-16(6)10-17(11-19(22)25)29-13-27-24(31)20(9-2)28-29/h2,10-12,14H,8,13H2,1,3-7H3,(H,26,30)(H,27,31)/b18-12-,21-15-. The van der Waals surface area contributed by atoms with E-state index in [9.17, 15) is 9.59 Å². The Morgan fingerprint density at radius 1 is 1.47 bits per heavy atom. The number of hydrogen-bond donors (Lipinski definition) is 2. The van der Waals surface area contributed by atoms with Crippen molar-refractivity contribution in [3.8, 4) is 18.1 Å². The van der Waals surface area contributed by atoms with Crippen molar-refractivity contribution in [1.82, 2.24) is 10.6 Å². The molecule has 0 bridgehead atoms. The maximum atomic E-state index is 12.3. The van der Waals surface area contributed by atoms with E-state index in [1.54, 1.807) is 24.2 Å². The van der Waals surface area contributed by atoms with Gasteiger partial charge in [0.1, 0.15) is 18.2 Å². The Morgan fingerprint density at radius 3 is 2.69 bits per heavy atom. The number of nitrogens with zero attached hydrogens (tertiary/aromatic N) is 2. The fraction of sp³-hybridized carbons (Fsp3) is 0.375. The number of halogens is 1. The number of amides is 2. The predicted octanol–water partition coefficient (Wildman–Crippen LogP) is 3.92. The summed E-state index contributed by atoms with van der Waals surface area (Å²) in [6.45, 7) is 9.92. The van der Waals surface area contributed by atoms with Gasteiger partial charge in [-0.3, -0.25) is 9.59 Å². The van der Waals surface area contributed by atoms with Crippen molar-refractivity contribution in [2.75, 3.05) is 18.7 Å². The van der Waals surface area contributed by atoms with Crippen LogP contribution in [-0.2, 0) is 9.59 Å². The van der Waals surface area contributed by atoms with E-state index in [1.165, 1.54) is 0 Å². The van der Waals surface area contributed by atoms with Gasteiger partial charge in [-0.2, -0.15) is 5.10 Å². The van der Waals surface area contributed by atoms with Gasteiger partial charge in [0, 0.05) is 12.6 Å². The second-order valence-corrected chi connectivity index (χ2v) is 8.07. The molecule has 1 aromatic carbocycles. The molecule has 1 heterocycles. The lowest BCUT2D eigenvalue weighted by molar-refractivity contribution is -0.117. The molecule has 1 aliphatic heterocycles. The number of rotatable bonds is 7. The summed E-state index contributed by atoms with van der Waals surface area (Å²) in [7, 11) is 1.60. The summed E-state index contributed by atoms with van der Waals surface area (Å²) in [6.07, 6.45) is 7.87. The van der Waals surface area contributed by atoms with Crippen molar-refractivity contribution in [1.29, 1.82) is 0 Å². The zero-order valence-electron chi connectivity index (χ0n) is 19.3. The highest BCUT2D eigenvalue weighted by Crippen LogP contribution is 2.36. The van der Waals surface area contributed by atoms with Crippen LogP contribution in [0, 0.1) is 25.2 Å². The van der Waals surface area contributed by atoms with Crippen molar-refractivity contribution in [3.63, 3.8) is 0 Å². The third kappa shape index (κ3) is 5.71. The smallest absolute Gasteiger partial charge is 0.281 e. The Hall–Kier alpha value is -3.24. The number of anilines is 1. The molecule has 0 unspecified atom stereocenters. The number of allylic oxidation sites excluding steroid dienone is 2. The molecule has 0 aromatic heterocycles. The minimum Gasteiger partial charge on any atom is -0.456 e. The first-order valence-corrected chi connectivity index (χ1v) is 10.7. The lowest BCUT2D eigenvalue weighted by atomic mass is 10.0. The molecule has 0 fully saturated rings. The molecular weight excluding hydrogens is 428 g/mol. The molecule has 32 heavy (non-hydrogen) atoms. The topological polar surface area (TPSA) is 83.0 Å². The Balaban J connectivity index is 2.47. The van der Waals surface area contributed by atoms with Gasteiger partial charge in [0.2, 0.25) is 5.91 Å². The highest BCUT2D eigenvalue weighted by Gasteiger charge is 2.21. The van der Waals surface area contributed by atoms with Crippen molar-refractivity contribution in [2.45, 2.75) is 41.0 Å². The Bertz CT molecular complexity index is 1020. The molecule has 2 amide bonds. The number of terminal acetylenes is 1. The second-order valence-electron chi connectivity index (χ2n) is 7.66. The summed E-state index contributed by atoms with van der Waals surface area (Å²) >= 11 is 6.58. The van der Waals surface area contributed by atoms with E-state index in [4.69, 9.17) is 22.8 Å². The number of aryl methyl sites for hydroxylation is 1. The molecule has 0 radical (unpaired) electrons. The number of carbonyl (C=O) groups excluding carboxylic acids is 2. The van der Waals surface area contributed by atoms with Crippen molar-refractivity contribution >= 4 is 34.8 Å². The molecule has 1 aromatic rings. The quantitative estimate of drug-likeness (QED) is 0.282. The van der Waals surface area contributed by atoms with E-state index >= 15 is 0 Å². The van der Waals surface area contributed by atoms with E-state index in [-0.39, 0.29) is 30.1 Å². The SMILES string of the molecule is C#CC1=NN(c2cc(C)c(OC(/C=C(\C(=O)NC)C(C)C)=C(/C)CC)c(Cl)c2)CNC1=O. The fourth-order valence-electron chi connectivity index (χ4n) is 2.97. The number of nitrogens with one attached hydrogen (secondary N) is 2. The average molecular weight is 457 g/mol. The molecule has 170 valence electrons. The van der Waals surface area contributed by atoms with Crippen LogP contribution in [0.1, 0.15) is 39.7 Å². The number of hydrogen-bond acceptors (Lipinski definition) is 5. The van der Waals surface area contributed by atoms with Gasteiger partial charge in [-0.1, -0.05) is 32.4 Å². The number of benzene rings is 1. The van der Waals surface area contributed by atoms with Crippen LogP contribution in [0.25, 0.3) is 0 Å².